The molecule has 0 saturated carbocycles. The topological polar surface area (TPSA) is 55.6 Å². The van der Waals surface area contributed by atoms with Crippen molar-refractivity contribution in [1.29, 1.82) is 0 Å². The molecule has 1 amide bonds. The lowest BCUT2D eigenvalue weighted by Crippen LogP contribution is -2.54. The van der Waals surface area contributed by atoms with Crippen LogP contribution in [0.25, 0.3) is 0 Å². The van der Waals surface area contributed by atoms with E-state index in [-0.39, 0.29) is 5.91 Å². The second-order valence-electron chi connectivity index (χ2n) is 5.76. The lowest BCUT2D eigenvalue weighted by Gasteiger charge is -2.30. The van der Waals surface area contributed by atoms with Crippen LogP contribution in [0, 0.1) is 13.8 Å². The number of amides is 1. The van der Waals surface area contributed by atoms with Crippen LogP contribution in [0.1, 0.15) is 37.8 Å². The number of ether oxygens (including phenoxy) is 1. The summed E-state index contributed by atoms with van der Waals surface area (Å²) in [6.45, 7) is 8.98. The number of nitrogens with two attached hydrogens (primary N) is 1. The summed E-state index contributed by atoms with van der Waals surface area (Å²) >= 11 is 0. The predicted octanol–water partition coefficient (Wildman–Crippen LogP) is 2.66. The molecule has 1 aromatic carbocycles. The predicted molar refractivity (Wildman–Crippen MR) is 86.5 cm³/mol. The van der Waals surface area contributed by atoms with Gasteiger partial charge in [0.2, 0.25) is 5.91 Å². The van der Waals surface area contributed by atoms with Crippen molar-refractivity contribution < 1.29 is 9.53 Å². The van der Waals surface area contributed by atoms with Crippen molar-refractivity contribution in [2.45, 2.75) is 46.1 Å². The Hall–Kier alpha value is -1.55. The van der Waals surface area contributed by atoms with E-state index in [2.05, 4.69) is 6.07 Å². The van der Waals surface area contributed by atoms with Gasteiger partial charge in [-0.1, -0.05) is 19.9 Å². The molecular weight excluding hydrogens is 264 g/mol. The first-order valence-corrected chi connectivity index (χ1v) is 7.58. The summed E-state index contributed by atoms with van der Waals surface area (Å²) in [7, 11) is 1.78. The zero-order valence-electron chi connectivity index (χ0n) is 13.9. The number of nitrogens with zero attached hydrogens (tertiary/aromatic N) is 1. The number of carbonyl (C=O) groups is 1. The highest BCUT2D eigenvalue weighted by atomic mass is 16.5. The van der Waals surface area contributed by atoms with E-state index >= 15 is 0 Å². The standard InChI is InChI=1S/C17H28N2O2/c1-6-17(18,7-2)16(20)19(5)8-9-21-15-11-13(3)10-14(4)12-15/h10-12H,6-9,18H2,1-5H3. The van der Waals surface area contributed by atoms with E-state index in [0.29, 0.717) is 26.0 Å². The van der Waals surface area contributed by atoms with Gasteiger partial charge in [-0.3, -0.25) is 4.79 Å². The molecule has 4 nitrogen and oxygen atoms in total. The average Bonchev–Trinajstić information content (AvgIpc) is 2.44. The van der Waals surface area contributed by atoms with Crippen molar-refractivity contribution in [2.75, 3.05) is 20.2 Å². The molecule has 118 valence electrons. The third-order valence-corrected chi connectivity index (χ3v) is 3.93. The number of rotatable bonds is 7. The minimum absolute atomic E-state index is 0.0171. The summed E-state index contributed by atoms with van der Waals surface area (Å²) in [6, 6.07) is 6.11. The van der Waals surface area contributed by atoms with Crippen LogP contribution < -0.4 is 10.5 Å². The van der Waals surface area contributed by atoms with Crippen molar-refractivity contribution in [3.8, 4) is 5.75 Å². The number of benzene rings is 1. The van der Waals surface area contributed by atoms with Crippen LogP contribution in [0.15, 0.2) is 18.2 Å². The smallest absolute Gasteiger partial charge is 0.242 e. The minimum atomic E-state index is -0.755. The van der Waals surface area contributed by atoms with E-state index in [1.54, 1.807) is 11.9 Å². The largest absolute Gasteiger partial charge is 0.492 e. The Bertz CT molecular complexity index is 461. The van der Waals surface area contributed by atoms with Gasteiger partial charge in [-0.2, -0.15) is 0 Å². The van der Waals surface area contributed by atoms with E-state index in [0.717, 1.165) is 5.75 Å². The van der Waals surface area contributed by atoms with E-state index in [4.69, 9.17) is 10.5 Å². The van der Waals surface area contributed by atoms with Crippen LogP contribution >= 0.6 is 0 Å². The number of hydrogen-bond acceptors (Lipinski definition) is 3. The first-order chi connectivity index (χ1) is 9.82. The minimum Gasteiger partial charge on any atom is -0.492 e. The molecule has 0 radical (unpaired) electrons. The van der Waals surface area contributed by atoms with E-state index in [1.165, 1.54) is 11.1 Å². The maximum atomic E-state index is 12.3. The number of carbonyl (C=O) groups excluding carboxylic acids is 1. The first kappa shape index (κ1) is 17.5. The fourth-order valence-corrected chi connectivity index (χ4v) is 2.35. The van der Waals surface area contributed by atoms with Gasteiger partial charge in [0.25, 0.3) is 0 Å². The highest BCUT2D eigenvalue weighted by Crippen LogP contribution is 2.17. The molecule has 0 saturated heterocycles. The van der Waals surface area contributed by atoms with Gasteiger partial charge in [-0.15, -0.1) is 0 Å². The van der Waals surface area contributed by atoms with Crippen LogP contribution in [0.4, 0.5) is 0 Å². The monoisotopic (exact) mass is 292 g/mol. The Morgan fingerprint density at radius 3 is 2.19 bits per heavy atom. The van der Waals surface area contributed by atoms with Crippen LogP contribution in [-0.2, 0) is 4.79 Å². The summed E-state index contributed by atoms with van der Waals surface area (Å²) in [5.74, 6) is 0.829. The normalized spacial score (nSPS) is 11.3. The Balaban J connectivity index is 2.53. The highest BCUT2D eigenvalue weighted by molar-refractivity contribution is 5.85. The molecule has 2 N–H and O–H groups in total. The van der Waals surface area contributed by atoms with E-state index in [9.17, 15) is 4.79 Å². The number of hydrogen-bond donors (Lipinski definition) is 1. The third-order valence-electron chi connectivity index (χ3n) is 3.93. The van der Waals surface area contributed by atoms with Gasteiger partial charge >= 0.3 is 0 Å². The maximum Gasteiger partial charge on any atom is 0.242 e. The summed E-state index contributed by atoms with van der Waals surface area (Å²) in [4.78, 5) is 14.0. The second-order valence-corrected chi connectivity index (χ2v) is 5.76. The van der Waals surface area contributed by atoms with Crippen LogP contribution in [0.3, 0.4) is 0 Å². The van der Waals surface area contributed by atoms with Gasteiger partial charge < -0.3 is 15.4 Å². The fourth-order valence-electron chi connectivity index (χ4n) is 2.35. The van der Waals surface area contributed by atoms with Crippen molar-refractivity contribution in [3.63, 3.8) is 0 Å². The lowest BCUT2D eigenvalue weighted by molar-refractivity contribution is -0.136. The Labute approximate surface area is 128 Å². The maximum absolute atomic E-state index is 12.3. The highest BCUT2D eigenvalue weighted by Gasteiger charge is 2.32. The van der Waals surface area contributed by atoms with Crippen LogP contribution in [-0.4, -0.2) is 36.5 Å². The Kier molecular flexibility index (Phi) is 6.21. The average molecular weight is 292 g/mol. The summed E-state index contributed by atoms with van der Waals surface area (Å²) in [5, 5.41) is 0. The van der Waals surface area contributed by atoms with Gasteiger partial charge in [0, 0.05) is 7.05 Å². The molecule has 0 fully saturated rings. The molecule has 21 heavy (non-hydrogen) atoms. The van der Waals surface area contributed by atoms with Gasteiger partial charge in [0.05, 0.1) is 12.1 Å². The number of aryl methyl sites for hydroxylation is 2. The van der Waals surface area contributed by atoms with Crippen molar-refractivity contribution >= 4 is 5.91 Å². The van der Waals surface area contributed by atoms with Crippen molar-refractivity contribution in [2.24, 2.45) is 5.73 Å². The molecule has 0 heterocycles. The Morgan fingerprint density at radius 2 is 1.71 bits per heavy atom. The van der Waals surface area contributed by atoms with E-state index < -0.39 is 5.54 Å². The summed E-state index contributed by atoms with van der Waals surface area (Å²) in [6.07, 6.45) is 1.29. The Morgan fingerprint density at radius 1 is 1.19 bits per heavy atom. The molecule has 0 bridgehead atoms. The first-order valence-electron chi connectivity index (χ1n) is 7.58. The molecule has 0 unspecified atom stereocenters. The molecule has 0 aliphatic rings. The molecule has 1 rings (SSSR count). The molecule has 4 heteroatoms. The van der Waals surface area contributed by atoms with E-state index in [1.807, 2.05) is 39.8 Å². The molecule has 0 aromatic heterocycles. The second kappa shape index (κ2) is 7.46. The summed E-state index contributed by atoms with van der Waals surface area (Å²) < 4.78 is 5.73. The number of likely N-dealkylation sites (N-methyl/N-ethyl adjacent to an activating group) is 1. The zero-order valence-corrected chi connectivity index (χ0v) is 13.9. The third kappa shape index (κ3) is 4.74. The van der Waals surface area contributed by atoms with Gasteiger partial charge in [-0.25, -0.2) is 0 Å². The molecule has 0 atom stereocenters. The molecular formula is C17H28N2O2. The van der Waals surface area contributed by atoms with Crippen LogP contribution in [0.2, 0.25) is 0 Å². The zero-order chi connectivity index (χ0) is 16.0. The molecule has 0 aliphatic heterocycles. The molecule has 0 spiro atoms. The van der Waals surface area contributed by atoms with Gasteiger partial charge in [0.1, 0.15) is 12.4 Å². The van der Waals surface area contributed by atoms with Crippen molar-refractivity contribution in [1.82, 2.24) is 4.90 Å². The van der Waals surface area contributed by atoms with Gasteiger partial charge in [-0.05, 0) is 49.9 Å². The SMILES string of the molecule is CCC(N)(CC)C(=O)N(C)CCOc1cc(C)cc(C)c1. The quantitative estimate of drug-likeness (QED) is 0.840. The lowest BCUT2D eigenvalue weighted by atomic mass is 9.92. The van der Waals surface area contributed by atoms with Crippen LogP contribution in [0.5, 0.6) is 5.75 Å². The fraction of sp³-hybridized carbons (Fsp3) is 0.588. The molecule has 0 aliphatic carbocycles. The summed E-state index contributed by atoms with van der Waals surface area (Å²) in [5.41, 5.74) is 7.72. The molecule has 1 aromatic rings. The van der Waals surface area contributed by atoms with Crippen molar-refractivity contribution in [3.05, 3.63) is 29.3 Å². The van der Waals surface area contributed by atoms with Gasteiger partial charge in [0.15, 0.2) is 0 Å².